The number of aldehydes is 1. The number of hydrogen-bond acceptors (Lipinski definition) is 4. The molecule has 0 N–H and O–H groups in total. The second-order valence-electron chi connectivity index (χ2n) is 4.75. The third-order valence-electron chi connectivity index (χ3n) is 3.31. The fourth-order valence-electron chi connectivity index (χ4n) is 2.05. The Kier molecular flexibility index (Phi) is 4.82. The maximum absolute atomic E-state index is 12.5. The average molecular weight is 319 g/mol. The smallest absolute Gasteiger partial charge is 0.239 e. The van der Waals surface area contributed by atoms with Crippen molar-refractivity contribution in [3.8, 4) is 5.75 Å². The Morgan fingerprint density at radius 2 is 1.82 bits per heavy atom. The van der Waals surface area contributed by atoms with Crippen LogP contribution in [0.25, 0.3) is 0 Å². The summed E-state index contributed by atoms with van der Waals surface area (Å²) in [5.74, 6) is 0.305. The number of methoxy groups -OCH3 is 1. The average Bonchev–Trinajstić information content (AvgIpc) is 2.54. The van der Waals surface area contributed by atoms with E-state index in [2.05, 4.69) is 0 Å². The molecule has 0 aliphatic carbocycles. The highest BCUT2D eigenvalue weighted by Crippen LogP contribution is 2.25. The Morgan fingerprint density at radius 1 is 1.14 bits per heavy atom. The van der Waals surface area contributed by atoms with Crippen LogP contribution in [0.2, 0.25) is 0 Å². The molecule has 0 unspecified atom stereocenters. The number of ether oxygens (including phenoxy) is 1. The molecule has 0 saturated carbocycles. The highest BCUT2D eigenvalue weighted by Gasteiger charge is 2.20. The van der Waals surface area contributed by atoms with Gasteiger partial charge in [0, 0.05) is 7.05 Å². The lowest BCUT2D eigenvalue weighted by Crippen LogP contribution is -2.28. The van der Waals surface area contributed by atoms with Crippen molar-refractivity contribution in [2.24, 2.45) is 0 Å². The molecule has 6 heteroatoms. The number of carbonyl (C=O) groups excluding carboxylic acids is 1. The van der Waals surface area contributed by atoms with Crippen LogP contribution < -0.4 is 9.04 Å². The van der Waals surface area contributed by atoms with Gasteiger partial charge in [0.05, 0.1) is 24.1 Å². The first-order chi connectivity index (χ1) is 10.5. The fourth-order valence-corrected chi connectivity index (χ4v) is 3.29. The van der Waals surface area contributed by atoms with Gasteiger partial charge >= 0.3 is 0 Å². The van der Waals surface area contributed by atoms with Gasteiger partial charge in [0.15, 0.2) is 6.29 Å². The third kappa shape index (κ3) is 3.46. The topological polar surface area (TPSA) is 63.7 Å². The molecule has 5 nitrogen and oxygen atoms in total. The van der Waals surface area contributed by atoms with Gasteiger partial charge in [-0.3, -0.25) is 9.10 Å². The highest BCUT2D eigenvalue weighted by molar-refractivity contribution is 7.92. The van der Waals surface area contributed by atoms with Gasteiger partial charge in [-0.05, 0) is 23.8 Å². The summed E-state index contributed by atoms with van der Waals surface area (Å²) in [6.45, 7) is 0. The summed E-state index contributed by atoms with van der Waals surface area (Å²) in [4.78, 5) is 11.1. The first-order valence-electron chi connectivity index (χ1n) is 6.61. The van der Waals surface area contributed by atoms with Gasteiger partial charge < -0.3 is 4.74 Å². The lowest BCUT2D eigenvalue weighted by Gasteiger charge is -2.20. The summed E-state index contributed by atoms with van der Waals surface area (Å²) in [5, 5.41) is 0. The molecule has 22 heavy (non-hydrogen) atoms. The summed E-state index contributed by atoms with van der Waals surface area (Å²) in [7, 11) is -0.611. The van der Waals surface area contributed by atoms with E-state index >= 15 is 0 Å². The largest absolute Gasteiger partial charge is 0.496 e. The number of rotatable bonds is 6. The molecule has 0 bridgehead atoms. The zero-order chi connectivity index (χ0) is 16.2. The standard InChI is InChI=1S/C16H17NO4S/c1-17(15-8-9-16(21-2)14(10-15)11-18)22(19,20)12-13-6-4-3-5-7-13/h3-11H,12H2,1-2H3. The predicted octanol–water partition coefficient (Wildman–Crippen LogP) is 2.47. The van der Waals surface area contributed by atoms with Gasteiger partial charge in [-0.2, -0.15) is 0 Å². The summed E-state index contributed by atoms with van der Waals surface area (Å²) in [5.41, 5.74) is 1.43. The first kappa shape index (κ1) is 16.0. The monoisotopic (exact) mass is 319 g/mol. The molecule has 0 aromatic heterocycles. The van der Waals surface area contributed by atoms with Gasteiger partial charge in [0.1, 0.15) is 5.75 Å². The van der Waals surface area contributed by atoms with Gasteiger partial charge in [-0.25, -0.2) is 8.42 Å². The first-order valence-corrected chi connectivity index (χ1v) is 8.22. The van der Waals surface area contributed by atoms with Gasteiger partial charge in [-0.15, -0.1) is 0 Å². The number of nitrogens with zero attached hydrogens (tertiary/aromatic N) is 1. The van der Waals surface area contributed by atoms with Crippen molar-refractivity contribution >= 4 is 22.0 Å². The molecule has 2 aromatic carbocycles. The molecule has 0 radical (unpaired) electrons. The van der Waals surface area contributed by atoms with Gasteiger partial charge in [-0.1, -0.05) is 30.3 Å². The van der Waals surface area contributed by atoms with Crippen LogP contribution in [0.4, 0.5) is 5.69 Å². The molecular formula is C16H17NO4S. The van der Waals surface area contributed by atoms with Gasteiger partial charge in [0.25, 0.3) is 0 Å². The maximum atomic E-state index is 12.5. The Balaban J connectivity index is 2.30. The minimum absolute atomic E-state index is 0.104. The zero-order valence-electron chi connectivity index (χ0n) is 12.4. The molecule has 0 atom stereocenters. The second kappa shape index (κ2) is 6.62. The lowest BCUT2D eigenvalue weighted by atomic mass is 10.2. The normalized spacial score (nSPS) is 11.0. The number of hydrogen-bond donors (Lipinski definition) is 0. The second-order valence-corrected chi connectivity index (χ2v) is 6.75. The number of sulfonamides is 1. The summed E-state index contributed by atoms with van der Waals surface area (Å²) in [6.07, 6.45) is 0.639. The van der Waals surface area contributed by atoms with Crippen LogP contribution in [0.3, 0.4) is 0 Å². The van der Waals surface area contributed by atoms with Crippen molar-refractivity contribution < 1.29 is 17.9 Å². The van der Waals surface area contributed by atoms with Crippen molar-refractivity contribution in [1.29, 1.82) is 0 Å². The van der Waals surface area contributed by atoms with E-state index in [1.165, 1.54) is 24.5 Å². The van der Waals surface area contributed by atoms with Crippen LogP contribution in [0.5, 0.6) is 5.75 Å². The molecule has 0 amide bonds. The van der Waals surface area contributed by atoms with Crippen molar-refractivity contribution in [2.75, 3.05) is 18.5 Å². The van der Waals surface area contributed by atoms with Crippen LogP contribution in [0, 0.1) is 0 Å². The summed E-state index contributed by atoms with van der Waals surface area (Å²) >= 11 is 0. The van der Waals surface area contributed by atoms with E-state index in [9.17, 15) is 13.2 Å². The molecule has 116 valence electrons. The number of anilines is 1. The van der Waals surface area contributed by atoms with Crippen molar-refractivity contribution in [1.82, 2.24) is 0 Å². The Bertz CT molecular complexity index is 757. The molecule has 2 rings (SSSR count). The minimum Gasteiger partial charge on any atom is -0.496 e. The van der Waals surface area contributed by atoms with E-state index in [1.54, 1.807) is 36.4 Å². The molecule has 0 aliphatic heterocycles. The molecule has 2 aromatic rings. The van der Waals surface area contributed by atoms with Crippen LogP contribution in [0.15, 0.2) is 48.5 Å². The quantitative estimate of drug-likeness (QED) is 0.767. The van der Waals surface area contributed by atoms with Crippen molar-refractivity contribution in [2.45, 2.75) is 5.75 Å². The fraction of sp³-hybridized carbons (Fsp3) is 0.188. The predicted molar refractivity (Wildman–Crippen MR) is 85.9 cm³/mol. The SMILES string of the molecule is COc1ccc(N(C)S(=O)(=O)Cc2ccccc2)cc1C=O. The minimum atomic E-state index is -3.53. The molecular weight excluding hydrogens is 302 g/mol. The van der Waals surface area contributed by atoms with Crippen LogP contribution in [0.1, 0.15) is 15.9 Å². The van der Waals surface area contributed by atoms with Crippen molar-refractivity contribution in [3.05, 3.63) is 59.7 Å². The van der Waals surface area contributed by atoms with E-state index in [-0.39, 0.29) is 5.75 Å². The molecule has 0 heterocycles. The van der Waals surface area contributed by atoms with Crippen LogP contribution >= 0.6 is 0 Å². The third-order valence-corrected chi connectivity index (χ3v) is 5.06. The lowest BCUT2D eigenvalue weighted by molar-refractivity contribution is 0.112. The van der Waals surface area contributed by atoms with E-state index in [1.807, 2.05) is 6.07 Å². The molecule has 0 spiro atoms. The van der Waals surface area contributed by atoms with E-state index in [4.69, 9.17) is 4.74 Å². The maximum Gasteiger partial charge on any atom is 0.239 e. The van der Waals surface area contributed by atoms with Crippen molar-refractivity contribution in [3.63, 3.8) is 0 Å². The Labute approximate surface area is 130 Å². The number of carbonyl (C=O) groups is 1. The molecule has 0 aliphatic rings. The van der Waals surface area contributed by atoms with E-state index in [0.29, 0.717) is 28.8 Å². The number of benzene rings is 2. The highest BCUT2D eigenvalue weighted by atomic mass is 32.2. The Morgan fingerprint density at radius 3 is 2.41 bits per heavy atom. The molecule has 0 saturated heterocycles. The van der Waals surface area contributed by atoms with E-state index in [0.717, 1.165) is 0 Å². The van der Waals surface area contributed by atoms with E-state index < -0.39 is 10.0 Å². The molecule has 0 fully saturated rings. The Hall–Kier alpha value is -2.34. The summed E-state index contributed by atoms with van der Waals surface area (Å²) < 4.78 is 31.1. The van der Waals surface area contributed by atoms with Gasteiger partial charge in [0.2, 0.25) is 10.0 Å². The van der Waals surface area contributed by atoms with Crippen LogP contribution in [-0.2, 0) is 15.8 Å². The zero-order valence-corrected chi connectivity index (χ0v) is 13.2. The summed E-state index contributed by atoms with van der Waals surface area (Å²) in [6, 6.07) is 13.6. The van der Waals surface area contributed by atoms with Crippen LogP contribution in [-0.4, -0.2) is 28.9 Å².